The van der Waals surface area contributed by atoms with E-state index in [4.69, 9.17) is 18.9 Å². The third-order valence-electron chi connectivity index (χ3n) is 9.33. The van der Waals surface area contributed by atoms with Gasteiger partial charge in [0.15, 0.2) is 0 Å². The molecule has 304 valence electrons. The van der Waals surface area contributed by atoms with E-state index in [2.05, 4.69) is 27.7 Å². The number of aliphatic hydroxyl groups excluding tert-OH is 1. The van der Waals surface area contributed by atoms with Crippen LogP contribution >= 0.6 is 0 Å². The number of esters is 4. The maximum atomic E-state index is 12.7. The van der Waals surface area contributed by atoms with Gasteiger partial charge >= 0.3 is 23.9 Å². The van der Waals surface area contributed by atoms with Crippen molar-refractivity contribution < 1.29 is 43.2 Å². The molecular formula is C42H77NO9. The zero-order chi connectivity index (χ0) is 38.7. The van der Waals surface area contributed by atoms with E-state index >= 15 is 0 Å². The van der Waals surface area contributed by atoms with Gasteiger partial charge in [0, 0.05) is 38.5 Å². The first-order chi connectivity index (χ1) is 25.2. The standard InChI is InChI=1S/C42H77NO9/c1-6-10-14-16-25-37(23-12-8-3)41(47)49-31-20-18-27-39(45)51-34-36(33-43(5)29-22-30-44)35-52-40(46)28-19-21-32-50-42(48)38(24-13-9-4)26-17-15-11-7-2/h20,31,36-38,44H,6-19,21-30,32-35H2,1-5H3. The molecule has 0 saturated heterocycles. The molecule has 0 bridgehead atoms. The van der Waals surface area contributed by atoms with Gasteiger partial charge in [-0.2, -0.15) is 0 Å². The monoisotopic (exact) mass is 740 g/mol. The minimum absolute atomic E-state index is 0.0394. The second kappa shape index (κ2) is 35.6. The third kappa shape index (κ3) is 29.0. The summed E-state index contributed by atoms with van der Waals surface area (Å²) in [4.78, 5) is 52.3. The Morgan fingerprint density at radius 1 is 0.615 bits per heavy atom. The summed E-state index contributed by atoms with van der Waals surface area (Å²) in [5.74, 6) is -1.39. The first-order valence-electron chi connectivity index (χ1n) is 20.8. The zero-order valence-corrected chi connectivity index (χ0v) is 33.8. The van der Waals surface area contributed by atoms with Crippen LogP contribution in [0.4, 0.5) is 0 Å². The summed E-state index contributed by atoms with van der Waals surface area (Å²) in [6.07, 6.45) is 22.2. The number of allylic oxidation sites excluding steroid dienone is 1. The highest BCUT2D eigenvalue weighted by Crippen LogP contribution is 2.20. The summed E-state index contributed by atoms with van der Waals surface area (Å²) in [5.41, 5.74) is 0. The summed E-state index contributed by atoms with van der Waals surface area (Å²) in [6.45, 7) is 10.4. The van der Waals surface area contributed by atoms with Gasteiger partial charge in [0.2, 0.25) is 0 Å². The topological polar surface area (TPSA) is 129 Å². The fourth-order valence-electron chi connectivity index (χ4n) is 6.03. The molecule has 1 N–H and O–H groups in total. The van der Waals surface area contributed by atoms with E-state index in [-0.39, 0.29) is 74.3 Å². The Labute approximate surface area is 317 Å². The van der Waals surface area contributed by atoms with Gasteiger partial charge in [0.05, 0.1) is 37.9 Å². The molecule has 0 amide bonds. The average Bonchev–Trinajstić information content (AvgIpc) is 3.13. The summed E-state index contributed by atoms with van der Waals surface area (Å²) in [5, 5.41) is 9.20. The summed E-state index contributed by atoms with van der Waals surface area (Å²) in [7, 11) is 1.91. The van der Waals surface area contributed by atoms with E-state index in [1.807, 2.05) is 11.9 Å². The van der Waals surface area contributed by atoms with Crippen LogP contribution in [0.2, 0.25) is 0 Å². The Balaban J connectivity index is 4.65. The van der Waals surface area contributed by atoms with Crippen LogP contribution in [-0.2, 0) is 38.1 Å². The van der Waals surface area contributed by atoms with Crippen molar-refractivity contribution in [1.29, 1.82) is 0 Å². The molecular weight excluding hydrogens is 662 g/mol. The van der Waals surface area contributed by atoms with E-state index < -0.39 is 0 Å². The Hall–Kier alpha value is -2.46. The first kappa shape index (κ1) is 49.5. The number of hydrogen-bond acceptors (Lipinski definition) is 10. The van der Waals surface area contributed by atoms with Crippen molar-refractivity contribution in [2.24, 2.45) is 17.8 Å². The van der Waals surface area contributed by atoms with Crippen molar-refractivity contribution in [2.75, 3.05) is 46.6 Å². The van der Waals surface area contributed by atoms with Gasteiger partial charge in [-0.05, 0) is 64.5 Å². The van der Waals surface area contributed by atoms with Gasteiger partial charge in [-0.1, -0.05) is 105 Å². The lowest BCUT2D eigenvalue weighted by molar-refractivity contribution is -0.149. The lowest BCUT2D eigenvalue weighted by Gasteiger charge is -2.23. The number of aliphatic hydroxyl groups is 1. The van der Waals surface area contributed by atoms with Crippen LogP contribution in [0, 0.1) is 17.8 Å². The maximum absolute atomic E-state index is 12.7. The summed E-state index contributed by atoms with van der Waals surface area (Å²) < 4.78 is 22.1. The van der Waals surface area contributed by atoms with Crippen molar-refractivity contribution in [3.05, 3.63) is 12.3 Å². The minimum atomic E-state index is -0.380. The lowest BCUT2D eigenvalue weighted by Crippen LogP contribution is -2.33. The van der Waals surface area contributed by atoms with E-state index in [1.54, 1.807) is 6.08 Å². The molecule has 0 radical (unpaired) electrons. The van der Waals surface area contributed by atoms with Gasteiger partial charge in [-0.15, -0.1) is 0 Å². The van der Waals surface area contributed by atoms with Crippen LogP contribution in [-0.4, -0.2) is 80.4 Å². The highest BCUT2D eigenvalue weighted by Gasteiger charge is 2.21. The number of hydrogen-bond donors (Lipinski definition) is 1. The molecule has 0 saturated carbocycles. The van der Waals surface area contributed by atoms with Crippen LogP contribution in [0.1, 0.15) is 169 Å². The van der Waals surface area contributed by atoms with Crippen LogP contribution in [0.3, 0.4) is 0 Å². The third-order valence-corrected chi connectivity index (χ3v) is 9.33. The van der Waals surface area contributed by atoms with Crippen LogP contribution in [0.5, 0.6) is 0 Å². The number of ether oxygens (including phenoxy) is 4. The van der Waals surface area contributed by atoms with Gasteiger partial charge < -0.3 is 29.0 Å². The predicted octanol–water partition coefficient (Wildman–Crippen LogP) is 9.11. The highest BCUT2D eigenvalue weighted by molar-refractivity contribution is 5.73. The van der Waals surface area contributed by atoms with Crippen molar-refractivity contribution in [2.45, 2.75) is 169 Å². The Morgan fingerprint density at radius 3 is 1.71 bits per heavy atom. The number of nitrogens with zero attached hydrogens (tertiary/aromatic N) is 1. The molecule has 3 unspecified atom stereocenters. The molecule has 10 nitrogen and oxygen atoms in total. The van der Waals surface area contributed by atoms with Gasteiger partial charge in [-0.25, -0.2) is 0 Å². The molecule has 3 atom stereocenters. The van der Waals surface area contributed by atoms with Crippen molar-refractivity contribution >= 4 is 23.9 Å². The molecule has 0 rings (SSSR count). The van der Waals surface area contributed by atoms with E-state index in [0.29, 0.717) is 45.4 Å². The molecule has 0 fully saturated rings. The van der Waals surface area contributed by atoms with Crippen LogP contribution in [0.15, 0.2) is 12.3 Å². The predicted molar refractivity (Wildman–Crippen MR) is 207 cm³/mol. The highest BCUT2D eigenvalue weighted by atomic mass is 16.5. The Morgan fingerprint density at radius 2 is 1.15 bits per heavy atom. The molecule has 0 aliphatic heterocycles. The Kier molecular flexibility index (Phi) is 33.9. The van der Waals surface area contributed by atoms with Gasteiger partial charge in [-0.3, -0.25) is 19.2 Å². The van der Waals surface area contributed by atoms with Crippen molar-refractivity contribution in [3.8, 4) is 0 Å². The quantitative estimate of drug-likeness (QED) is 0.0288. The van der Waals surface area contributed by atoms with E-state index in [0.717, 1.165) is 83.5 Å². The molecule has 0 heterocycles. The average molecular weight is 740 g/mol. The fourth-order valence-corrected chi connectivity index (χ4v) is 6.03. The van der Waals surface area contributed by atoms with Crippen molar-refractivity contribution in [1.82, 2.24) is 4.90 Å². The summed E-state index contributed by atoms with van der Waals surface area (Å²) in [6, 6.07) is 0. The fraction of sp³-hybridized carbons (Fsp3) is 0.857. The molecule has 0 aromatic heterocycles. The SMILES string of the molecule is CCCCCCC(CCCC)C(=O)OC=CCCC(=O)OCC(COC(=O)CCCCOC(=O)C(CCCC)CCCCCC)CN(C)CCCO. The molecule has 10 heteroatoms. The van der Waals surface area contributed by atoms with E-state index in [1.165, 1.54) is 25.5 Å². The van der Waals surface area contributed by atoms with Crippen LogP contribution in [0.25, 0.3) is 0 Å². The molecule has 0 spiro atoms. The van der Waals surface area contributed by atoms with Gasteiger partial charge in [0.25, 0.3) is 0 Å². The zero-order valence-electron chi connectivity index (χ0n) is 33.8. The number of unbranched alkanes of at least 4 members (excludes halogenated alkanes) is 9. The number of rotatable bonds is 36. The lowest BCUT2D eigenvalue weighted by atomic mass is 9.95. The second-order valence-electron chi connectivity index (χ2n) is 14.4. The maximum Gasteiger partial charge on any atom is 0.313 e. The normalized spacial score (nSPS) is 13.2. The van der Waals surface area contributed by atoms with E-state index in [9.17, 15) is 24.3 Å². The summed E-state index contributed by atoms with van der Waals surface area (Å²) >= 11 is 0. The first-order valence-corrected chi connectivity index (χ1v) is 20.8. The Bertz CT molecular complexity index is 925. The minimum Gasteiger partial charge on any atom is -0.465 e. The van der Waals surface area contributed by atoms with Crippen LogP contribution < -0.4 is 0 Å². The van der Waals surface area contributed by atoms with Gasteiger partial charge in [0.1, 0.15) is 0 Å². The number of carbonyl (C=O) groups excluding carboxylic acids is 4. The molecule has 0 aromatic carbocycles. The molecule has 0 aliphatic rings. The smallest absolute Gasteiger partial charge is 0.313 e. The second-order valence-corrected chi connectivity index (χ2v) is 14.4. The molecule has 52 heavy (non-hydrogen) atoms. The number of carbonyl (C=O) groups is 4. The molecule has 0 aromatic rings. The largest absolute Gasteiger partial charge is 0.465 e. The molecule has 0 aliphatic carbocycles. The van der Waals surface area contributed by atoms with Crippen molar-refractivity contribution in [3.63, 3.8) is 0 Å².